The summed E-state index contributed by atoms with van der Waals surface area (Å²) in [5.41, 5.74) is 7.00. The summed E-state index contributed by atoms with van der Waals surface area (Å²) >= 11 is 0. The van der Waals surface area contributed by atoms with Gasteiger partial charge in [-0.3, -0.25) is 9.88 Å². The molecule has 1 aliphatic carbocycles. The lowest BCUT2D eigenvalue weighted by molar-refractivity contribution is 0.167. The number of aromatic nitrogens is 4. The Morgan fingerprint density at radius 3 is 2.76 bits per heavy atom. The molecule has 1 atom stereocenters. The minimum atomic E-state index is -0.467. The first-order valence-electron chi connectivity index (χ1n) is 13.0. The van der Waals surface area contributed by atoms with E-state index in [1.165, 1.54) is 6.07 Å². The van der Waals surface area contributed by atoms with Gasteiger partial charge in [-0.1, -0.05) is 6.07 Å². The minimum absolute atomic E-state index is 0.209. The molecule has 5 heterocycles. The van der Waals surface area contributed by atoms with Crippen LogP contribution in [0.2, 0.25) is 0 Å². The van der Waals surface area contributed by atoms with Crippen LogP contribution in [0.3, 0.4) is 0 Å². The van der Waals surface area contributed by atoms with Crippen LogP contribution in [-0.4, -0.2) is 25.8 Å². The molecule has 8 nitrogen and oxygen atoms in total. The number of halogens is 1. The Balaban J connectivity index is 1.24. The molecule has 0 saturated heterocycles. The maximum atomic E-state index is 14.4. The van der Waals surface area contributed by atoms with E-state index in [0.717, 1.165) is 58.6 Å². The van der Waals surface area contributed by atoms with Crippen LogP contribution in [-0.2, 0) is 13.0 Å². The van der Waals surface area contributed by atoms with E-state index in [0.29, 0.717) is 36.1 Å². The summed E-state index contributed by atoms with van der Waals surface area (Å²) in [5.74, 6) is 1.39. The van der Waals surface area contributed by atoms with Gasteiger partial charge in [0, 0.05) is 36.0 Å². The zero-order chi connectivity index (χ0) is 26.0. The van der Waals surface area contributed by atoms with Gasteiger partial charge in [0.15, 0.2) is 5.82 Å². The molecule has 4 aromatic rings. The van der Waals surface area contributed by atoms with E-state index < -0.39 is 6.10 Å². The number of aryl methyl sites for hydroxylation is 3. The van der Waals surface area contributed by atoms with Gasteiger partial charge in [-0.15, -0.1) is 0 Å². The standard InChI is InChI=1S/C29H27FN6O2/c1-16-13-32-36(14-16)26-11-22-20(27(34-26)18-5-6-18)15-35(29(37)33-22)23-12-25-19(10-17(23)2)7-8-24(38-25)28-21(30)4-3-9-31-28/h3-4,9-14,18,24H,5-8,15H2,1-2H3,(H,33,37). The number of benzene rings is 1. The number of ether oxygens (including phenoxy) is 1. The van der Waals surface area contributed by atoms with Crippen molar-refractivity contribution in [3.63, 3.8) is 0 Å². The van der Waals surface area contributed by atoms with Crippen LogP contribution in [0.15, 0.2) is 48.9 Å². The van der Waals surface area contributed by atoms with Gasteiger partial charge in [0.05, 0.1) is 29.8 Å². The van der Waals surface area contributed by atoms with Gasteiger partial charge < -0.3 is 10.1 Å². The second-order valence-electron chi connectivity index (χ2n) is 10.4. The second kappa shape index (κ2) is 8.65. The molecule has 2 amide bonds. The van der Waals surface area contributed by atoms with Crippen molar-refractivity contribution in [2.45, 2.75) is 58.1 Å². The molecule has 0 bridgehead atoms. The smallest absolute Gasteiger partial charge is 0.326 e. The van der Waals surface area contributed by atoms with Gasteiger partial charge >= 0.3 is 6.03 Å². The van der Waals surface area contributed by atoms with Crippen molar-refractivity contribution in [2.24, 2.45) is 0 Å². The third-order valence-electron chi connectivity index (χ3n) is 7.56. The highest BCUT2D eigenvalue weighted by molar-refractivity contribution is 6.05. The molecule has 0 radical (unpaired) electrons. The molecule has 7 rings (SSSR count). The highest BCUT2D eigenvalue weighted by Crippen LogP contribution is 2.45. The number of nitrogens with one attached hydrogen (secondary N) is 1. The van der Waals surface area contributed by atoms with E-state index in [1.807, 2.05) is 32.2 Å². The normalized spacial score (nSPS) is 18.4. The molecule has 9 heteroatoms. The van der Waals surface area contributed by atoms with E-state index in [4.69, 9.17) is 9.72 Å². The summed E-state index contributed by atoms with van der Waals surface area (Å²) < 4.78 is 22.4. The number of pyridine rings is 2. The van der Waals surface area contributed by atoms with E-state index in [2.05, 4.69) is 21.5 Å². The van der Waals surface area contributed by atoms with E-state index >= 15 is 0 Å². The summed E-state index contributed by atoms with van der Waals surface area (Å²) in [6.07, 6.45) is 8.42. The van der Waals surface area contributed by atoms with Crippen molar-refractivity contribution in [3.8, 4) is 11.6 Å². The molecule has 2 aliphatic heterocycles. The predicted molar refractivity (Wildman–Crippen MR) is 140 cm³/mol. The Labute approximate surface area is 219 Å². The molecular weight excluding hydrogens is 483 g/mol. The third-order valence-corrected chi connectivity index (χ3v) is 7.56. The Hall–Kier alpha value is -4.27. The first-order valence-corrected chi connectivity index (χ1v) is 13.0. The lowest BCUT2D eigenvalue weighted by Crippen LogP contribution is -2.40. The highest BCUT2D eigenvalue weighted by atomic mass is 19.1. The number of rotatable bonds is 4. The van der Waals surface area contributed by atoms with Crippen molar-refractivity contribution in [3.05, 3.63) is 88.4 Å². The highest BCUT2D eigenvalue weighted by Gasteiger charge is 2.35. The summed E-state index contributed by atoms with van der Waals surface area (Å²) in [7, 11) is 0. The molecule has 0 spiro atoms. The van der Waals surface area contributed by atoms with Gasteiger partial charge in [0.1, 0.15) is 23.4 Å². The number of carbonyl (C=O) groups excluding carboxylic acids is 1. The van der Waals surface area contributed by atoms with Crippen molar-refractivity contribution >= 4 is 17.4 Å². The van der Waals surface area contributed by atoms with Crippen LogP contribution in [0, 0.1) is 19.7 Å². The number of hydrogen-bond donors (Lipinski definition) is 1. The van der Waals surface area contributed by atoms with E-state index in [1.54, 1.807) is 28.0 Å². The predicted octanol–water partition coefficient (Wildman–Crippen LogP) is 5.91. The molecule has 3 aromatic heterocycles. The van der Waals surface area contributed by atoms with Crippen molar-refractivity contribution in [2.75, 3.05) is 10.2 Å². The van der Waals surface area contributed by atoms with Crippen LogP contribution >= 0.6 is 0 Å². The molecule has 3 aliphatic rings. The van der Waals surface area contributed by atoms with E-state index in [9.17, 15) is 9.18 Å². The Kier molecular flexibility index (Phi) is 5.21. The number of anilines is 2. The lowest BCUT2D eigenvalue weighted by atomic mass is 9.96. The largest absolute Gasteiger partial charge is 0.484 e. The maximum Gasteiger partial charge on any atom is 0.326 e. The topological polar surface area (TPSA) is 85.2 Å². The number of fused-ring (bicyclic) bond motifs is 2. The lowest BCUT2D eigenvalue weighted by Gasteiger charge is -2.33. The molecule has 192 valence electrons. The maximum absolute atomic E-state index is 14.4. The SMILES string of the molecule is Cc1cnn(-c2cc3c(c(C4CC4)n2)CN(c2cc4c(cc2C)CCC(c2ncccc2F)O4)C(=O)N3)c1. The van der Waals surface area contributed by atoms with Crippen LogP contribution in [0.4, 0.5) is 20.6 Å². The summed E-state index contributed by atoms with van der Waals surface area (Å²) in [6.45, 7) is 4.41. The minimum Gasteiger partial charge on any atom is -0.484 e. The Morgan fingerprint density at radius 2 is 2.00 bits per heavy atom. The molecule has 38 heavy (non-hydrogen) atoms. The Bertz CT molecular complexity index is 1590. The first-order chi connectivity index (χ1) is 18.4. The van der Waals surface area contributed by atoms with Crippen molar-refractivity contribution < 1.29 is 13.9 Å². The number of amides is 2. The molecular formula is C29H27FN6O2. The van der Waals surface area contributed by atoms with Gasteiger partial charge in [0.25, 0.3) is 0 Å². The van der Waals surface area contributed by atoms with Crippen molar-refractivity contribution in [1.29, 1.82) is 0 Å². The fourth-order valence-corrected chi connectivity index (χ4v) is 5.47. The molecule has 1 saturated carbocycles. The number of hydrogen-bond acceptors (Lipinski definition) is 5. The van der Waals surface area contributed by atoms with Crippen molar-refractivity contribution in [1.82, 2.24) is 19.7 Å². The zero-order valence-corrected chi connectivity index (χ0v) is 21.2. The summed E-state index contributed by atoms with van der Waals surface area (Å²) in [6, 6.07) is 8.65. The van der Waals surface area contributed by atoms with Crippen LogP contribution in [0.5, 0.6) is 5.75 Å². The molecule has 1 fully saturated rings. The monoisotopic (exact) mass is 510 g/mol. The van der Waals surface area contributed by atoms with Crippen LogP contribution in [0.1, 0.15) is 64.9 Å². The fourth-order valence-electron chi connectivity index (χ4n) is 5.47. The van der Waals surface area contributed by atoms with Gasteiger partial charge in [-0.05, 0) is 68.4 Å². The van der Waals surface area contributed by atoms with Crippen LogP contribution < -0.4 is 15.0 Å². The van der Waals surface area contributed by atoms with Crippen LogP contribution in [0.25, 0.3) is 5.82 Å². The molecule has 1 aromatic carbocycles. The van der Waals surface area contributed by atoms with Gasteiger partial charge in [-0.2, -0.15) is 5.10 Å². The fraction of sp³-hybridized carbons (Fsp3) is 0.310. The number of carbonyl (C=O) groups is 1. The quantitative estimate of drug-likeness (QED) is 0.369. The number of urea groups is 1. The first kappa shape index (κ1) is 22.9. The van der Waals surface area contributed by atoms with E-state index in [-0.39, 0.29) is 11.8 Å². The average molecular weight is 511 g/mol. The summed E-state index contributed by atoms with van der Waals surface area (Å²) in [4.78, 5) is 24.4. The number of nitrogens with zero attached hydrogens (tertiary/aromatic N) is 5. The van der Waals surface area contributed by atoms with Gasteiger partial charge in [-0.25, -0.2) is 18.9 Å². The summed E-state index contributed by atoms with van der Waals surface area (Å²) in [5, 5.41) is 7.52. The average Bonchev–Trinajstić information content (AvgIpc) is 3.67. The van der Waals surface area contributed by atoms with Gasteiger partial charge in [0.2, 0.25) is 0 Å². The molecule has 1 N–H and O–H groups in total. The Morgan fingerprint density at radius 1 is 1.13 bits per heavy atom. The zero-order valence-electron chi connectivity index (χ0n) is 21.2. The second-order valence-corrected chi connectivity index (χ2v) is 10.4. The third kappa shape index (κ3) is 3.89. The molecule has 1 unspecified atom stereocenters.